The van der Waals surface area contributed by atoms with Crippen molar-refractivity contribution in [2.45, 2.75) is 6.92 Å². The summed E-state index contributed by atoms with van der Waals surface area (Å²) in [5.74, 6) is -0.782. The molecule has 1 aromatic heterocycles. The molecule has 2 rings (SSSR count). The summed E-state index contributed by atoms with van der Waals surface area (Å²) in [6.45, 7) is 1.83. The summed E-state index contributed by atoms with van der Waals surface area (Å²) in [6, 6.07) is 8.63. The average Bonchev–Trinajstić information content (AvgIpc) is 2.90. The lowest BCUT2D eigenvalue weighted by molar-refractivity contribution is 0.0846. The molecule has 0 atom stereocenters. The van der Waals surface area contributed by atoms with Crippen molar-refractivity contribution in [2.75, 3.05) is 0 Å². The van der Waals surface area contributed by atoms with Crippen LogP contribution in [0.25, 0.3) is 0 Å². The van der Waals surface area contributed by atoms with E-state index in [9.17, 15) is 9.59 Å². The van der Waals surface area contributed by atoms with E-state index in [2.05, 4.69) is 10.9 Å². The molecule has 0 saturated heterocycles. The molecule has 5 nitrogen and oxygen atoms in total. The maximum absolute atomic E-state index is 11.8. The van der Waals surface area contributed by atoms with Crippen molar-refractivity contribution in [3.63, 3.8) is 0 Å². The molecule has 2 N–H and O–H groups in total. The number of hydrogen-bond donors (Lipinski definition) is 2. The van der Waals surface area contributed by atoms with E-state index in [-0.39, 0.29) is 5.91 Å². The molecular formula is C13H12N2O3. The highest BCUT2D eigenvalue weighted by Gasteiger charge is 2.10. The zero-order chi connectivity index (χ0) is 13.0. The Morgan fingerprint density at radius 3 is 2.44 bits per heavy atom. The van der Waals surface area contributed by atoms with Crippen LogP contribution in [0.3, 0.4) is 0 Å². The fraction of sp³-hybridized carbons (Fsp3) is 0.0769. The highest BCUT2D eigenvalue weighted by atomic mass is 16.3. The first-order chi connectivity index (χ1) is 8.68. The van der Waals surface area contributed by atoms with E-state index < -0.39 is 5.91 Å². The molecular weight excluding hydrogens is 232 g/mol. The predicted octanol–water partition coefficient (Wildman–Crippen LogP) is 1.66. The van der Waals surface area contributed by atoms with Gasteiger partial charge in [-0.3, -0.25) is 20.4 Å². The maximum atomic E-state index is 11.8. The molecule has 1 heterocycles. The van der Waals surface area contributed by atoms with Crippen molar-refractivity contribution < 1.29 is 14.0 Å². The Balaban J connectivity index is 1.97. The molecule has 0 aliphatic heterocycles. The van der Waals surface area contributed by atoms with Crippen LogP contribution in [-0.2, 0) is 0 Å². The number of carbonyl (C=O) groups is 2. The Morgan fingerprint density at radius 2 is 1.78 bits per heavy atom. The second-order valence-electron chi connectivity index (χ2n) is 3.74. The predicted molar refractivity (Wildman–Crippen MR) is 64.8 cm³/mol. The van der Waals surface area contributed by atoms with Gasteiger partial charge >= 0.3 is 0 Å². The highest BCUT2D eigenvalue weighted by molar-refractivity contribution is 5.99. The van der Waals surface area contributed by atoms with Crippen LogP contribution in [0.2, 0.25) is 0 Å². The number of amides is 2. The van der Waals surface area contributed by atoms with E-state index in [4.69, 9.17) is 4.42 Å². The van der Waals surface area contributed by atoms with Gasteiger partial charge in [-0.25, -0.2) is 0 Å². The zero-order valence-electron chi connectivity index (χ0n) is 9.77. The summed E-state index contributed by atoms with van der Waals surface area (Å²) in [7, 11) is 0. The molecule has 0 radical (unpaired) electrons. The first-order valence-electron chi connectivity index (χ1n) is 5.37. The van der Waals surface area contributed by atoms with E-state index in [0.29, 0.717) is 11.1 Å². The van der Waals surface area contributed by atoms with Crippen LogP contribution in [0, 0.1) is 6.92 Å². The number of aryl methyl sites for hydroxylation is 1. The van der Waals surface area contributed by atoms with Crippen LogP contribution < -0.4 is 10.9 Å². The van der Waals surface area contributed by atoms with Crippen molar-refractivity contribution >= 4 is 11.8 Å². The lowest BCUT2D eigenvalue weighted by Crippen LogP contribution is -2.41. The number of benzene rings is 1. The van der Waals surface area contributed by atoms with E-state index >= 15 is 0 Å². The molecule has 2 amide bonds. The molecule has 0 aliphatic rings. The third-order valence-corrected chi connectivity index (χ3v) is 2.46. The van der Waals surface area contributed by atoms with Crippen LogP contribution in [0.4, 0.5) is 0 Å². The molecule has 0 bridgehead atoms. The number of hydrogen-bond acceptors (Lipinski definition) is 3. The van der Waals surface area contributed by atoms with E-state index in [1.165, 1.54) is 18.6 Å². The lowest BCUT2D eigenvalue weighted by atomic mass is 10.1. The fourth-order valence-electron chi connectivity index (χ4n) is 1.47. The quantitative estimate of drug-likeness (QED) is 0.789. The lowest BCUT2D eigenvalue weighted by Gasteiger charge is -2.07. The van der Waals surface area contributed by atoms with Gasteiger partial charge in [0.15, 0.2) is 0 Å². The Bertz CT molecular complexity index is 561. The number of carbonyl (C=O) groups excluding carboxylic acids is 2. The van der Waals surface area contributed by atoms with Gasteiger partial charge in [-0.1, -0.05) is 18.2 Å². The van der Waals surface area contributed by atoms with Crippen molar-refractivity contribution in [3.05, 3.63) is 59.5 Å². The minimum atomic E-state index is -0.425. The molecule has 92 valence electrons. The van der Waals surface area contributed by atoms with Gasteiger partial charge in [0.25, 0.3) is 11.8 Å². The van der Waals surface area contributed by atoms with Gasteiger partial charge in [0.1, 0.15) is 6.26 Å². The van der Waals surface area contributed by atoms with Gasteiger partial charge in [-0.05, 0) is 24.6 Å². The molecule has 0 unspecified atom stereocenters. The minimum absolute atomic E-state index is 0.347. The van der Waals surface area contributed by atoms with E-state index in [0.717, 1.165) is 5.56 Å². The second-order valence-corrected chi connectivity index (χ2v) is 3.74. The molecule has 5 heteroatoms. The first-order valence-corrected chi connectivity index (χ1v) is 5.37. The van der Waals surface area contributed by atoms with Crippen molar-refractivity contribution in [3.8, 4) is 0 Å². The maximum Gasteiger partial charge on any atom is 0.272 e. The summed E-state index contributed by atoms with van der Waals surface area (Å²) in [4.78, 5) is 23.3. The third kappa shape index (κ3) is 2.57. The Hall–Kier alpha value is -2.56. The third-order valence-electron chi connectivity index (χ3n) is 2.46. The summed E-state index contributed by atoms with van der Waals surface area (Å²) in [5, 5.41) is 0. The molecule has 2 aromatic rings. The average molecular weight is 244 g/mol. The van der Waals surface area contributed by atoms with E-state index in [1.807, 2.05) is 19.1 Å². The summed E-state index contributed by atoms with van der Waals surface area (Å²) in [6.07, 6.45) is 2.69. The van der Waals surface area contributed by atoms with Crippen LogP contribution in [0.15, 0.2) is 47.3 Å². The summed E-state index contributed by atoms with van der Waals surface area (Å²) >= 11 is 0. The molecule has 1 aromatic carbocycles. The molecule has 0 spiro atoms. The van der Waals surface area contributed by atoms with Crippen molar-refractivity contribution in [1.82, 2.24) is 10.9 Å². The van der Waals surface area contributed by atoms with Gasteiger partial charge in [0.2, 0.25) is 0 Å². The van der Waals surface area contributed by atoms with Crippen LogP contribution in [0.5, 0.6) is 0 Å². The van der Waals surface area contributed by atoms with Gasteiger partial charge in [0.05, 0.1) is 11.8 Å². The zero-order valence-corrected chi connectivity index (χ0v) is 9.77. The topological polar surface area (TPSA) is 71.3 Å². The number of furan rings is 1. The fourth-order valence-corrected chi connectivity index (χ4v) is 1.47. The summed E-state index contributed by atoms with van der Waals surface area (Å²) in [5.41, 5.74) is 6.37. The van der Waals surface area contributed by atoms with Gasteiger partial charge in [-0.2, -0.15) is 0 Å². The van der Waals surface area contributed by atoms with Crippen LogP contribution >= 0.6 is 0 Å². The molecule has 18 heavy (non-hydrogen) atoms. The molecule has 0 aliphatic carbocycles. The van der Waals surface area contributed by atoms with E-state index in [1.54, 1.807) is 12.1 Å². The van der Waals surface area contributed by atoms with Crippen molar-refractivity contribution in [2.24, 2.45) is 0 Å². The van der Waals surface area contributed by atoms with Crippen molar-refractivity contribution in [1.29, 1.82) is 0 Å². The Kier molecular flexibility index (Phi) is 3.43. The smallest absolute Gasteiger partial charge is 0.272 e. The second kappa shape index (κ2) is 5.18. The van der Waals surface area contributed by atoms with Gasteiger partial charge in [0, 0.05) is 5.56 Å². The Morgan fingerprint density at radius 1 is 1.06 bits per heavy atom. The monoisotopic (exact) mass is 244 g/mol. The highest BCUT2D eigenvalue weighted by Crippen LogP contribution is 2.06. The SMILES string of the molecule is Cc1ccccc1C(=O)NNC(=O)c1ccoc1. The molecule has 0 fully saturated rings. The van der Waals surface area contributed by atoms with Gasteiger partial charge < -0.3 is 4.42 Å². The largest absolute Gasteiger partial charge is 0.472 e. The number of nitrogens with one attached hydrogen (secondary N) is 2. The normalized spacial score (nSPS) is 9.83. The number of hydrazine groups is 1. The van der Waals surface area contributed by atoms with Crippen LogP contribution in [0.1, 0.15) is 26.3 Å². The molecule has 0 saturated carbocycles. The summed E-state index contributed by atoms with van der Waals surface area (Å²) < 4.78 is 4.77. The number of rotatable bonds is 2. The van der Waals surface area contributed by atoms with Gasteiger partial charge in [-0.15, -0.1) is 0 Å². The standard InChI is InChI=1S/C13H12N2O3/c1-9-4-2-3-5-11(9)13(17)15-14-12(16)10-6-7-18-8-10/h2-8H,1H3,(H,14,16)(H,15,17). The minimum Gasteiger partial charge on any atom is -0.472 e. The Labute approximate surface area is 104 Å². The van der Waals surface area contributed by atoms with Crippen LogP contribution in [-0.4, -0.2) is 11.8 Å². The first kappa shape index (κ1) is 11.9.